The van der Waals surface area contributed by atoms with Crippen LogP contribution in [0.3, 0.4) is 0 Å². The largest absolute Gasteiger partial charge is 0.300 e. The predicted octanol–water partition coefficient (Wildman–Crippen LogP) is -0.362. The molecule has 0 aromatic carbocycles. The van der Waals surface area contributed by atoms with Crippen molar-refractivity contribution in [1.82, 2.24) is 15.2 Å². The molecule has 0 spiro atoms. The summed E-state index contributed by atoms with van der Waals surface area (Å²) in [5.74, 6) is 5.01. The Labute approximate surface area is 97.9 Å². The van der Waals surface area contributed by atoms with E-state index in [0.29, 0.717) is 6.04 Å². The average molecular weight is 228 g/mol. The fraction of sp³-hybridized carbons (Fsp3) is 0.909. The summed E-state index contributed by atoms with van der Waals surface area (Å²) in [5, 5.41) is 0. The molecule has 0 aromatic heterocycles. The molecule has 1 aliphatic heterocycles. The molecule has 1 amide bonds. The number of nitrogens with one attached hydrogen (secondary N) is 1. The number of hydrogen-bond acceptors (Lipinski definition) is 4. The molecule has 1 rings (SSSR count). The van der Waals surface area contributed by atoms with E-state index in [1.54, 1.807) is 0 Å². The molecule has 0 aliphatic carbocycles. The summed E-state index contributed by atoms with van der Waals surface area (Å²) in [5.41, 5.74) is 2.21. The standard InChI is InChI=1S/C11H24N4O/c1-4-15-6-5-14(8-10(15)3)7-9(2)11(16)13-12/h9-10H,4-8,12H2,1-3H3,(H,13,16). The van der Waals surface area contributed by atoms with Crippen molar-refractivity contribution in [1.29, 1.82) is 0 Å². The first-order valence-electron chi connectivity index (χ1n) is 6.05. The van der Waals surface area contributed by atoms with Gasteiger partial charge >= 0.3 is 0 Å². The fourth-order valence-electron chi connectivity index (χ4n) is 2.32. The summed E-state index contributed by atoms with van der Waals surface area (Å²) in [4.78, 5) is 16.1. The number of likely N-dealkylation sites (N-methyl/N-ethyl adjacent to an activating group) is 1. The number of rotatable bonds is 4. The first-order valence-corrected chi connectivity index (χ1v) is 6.05. The van der Waals surface area contributed by atoms with E-state index in [9.17, 15) is 4.79 Å². The maximum absolute atomic E-state index is 11.3. The zero-order valence-corrected chi connectivity index (χ0v) is 10.6. The lowest BCUT2D eigenvalue weighted by molar-refractivity contribution is -0.125. The highest BCUT2D eigenvalue weighted by atomic mass is 16.2. The van der Waals surface area contributed by atoms with E-state index in [1.165, 1.54) is 0 Å². The Morgan fingerprint density at radius 2 is 2.25 bits per heavy atom. The van der Waals surface area contributed by atoms with Crippen molar-refractivity contribution in [3.63, 3.8) is 0 Å². The topological polar surface area (TPSA) is 61.6 Å². The number of hydrazine groups is 1. The Balaban J connectivity index is 2.37. The molecule has 2 unspecified atom stereocenters. The lowest BCUT2D eigenvalue weighted by Crippen LogP contribution is -2.53. The number of hydrogen-bond donors (Lipinski definition) is 2. The van der Waals surface area contributed by atoms with Gasteiger partial charge in [-0.3, -0.25) is 20.0 Å². The molecule has 0 aromatic rings. The zero-order chi connectivity index (χ0) is 12.1. The van der Waals surface area contributed by atoms with Crippen LogP contribution in [0, 0.1) is 5.92 Å². The SMILES string of the molecule is CCN1CCN(CC(C)C(=O)NN)CC1C. The van der Waals surface area contributed by atoms with Crippen LogP contribution in [-0.2, 0) is 4.79 Å². The van der Waals surface area contributed by atoms with Gasteiger partial charge in [0, 0.05) is 38.1 Å². The average Bonchev–Trinajstić information content (AvgIpc) is 2.28. The van der Waals surface area contributed by atoms with Gasteiger partial charge in [-0.2, -0.15) is 0 Å². The minimum Gasteiger partial charge on any atom is -0.300 e. The smallest absolute Gasteiger partial charge is 0.237 e. The second-order valence-corrected chi connectivity index (χ2v) is 4.65. The van der Waals surface area contributed by atoms with Gasteiger partial charge in [-0.05, 0) is 13.5 Å². The van der Waals surface area contributed by atoms with Crippen molar-refractivity contribution < 1.29 is 4.79 Å². The van der Waals surface area contributed by atoms with Gasteiger partial charge in [0.2, 0.25) is 5.91 Å². The van der Waals surface area contributed by atoms with E-state index in [2.05, 4.69) is 29.1 Å². The van der Waals surface area contributed by atoms with E-state index in [0.717, 1.165) is 32.7 Å². The van der Waals surface area contributed by atoms with E-state index in [4.69, 9.17) is 5.84 Å². The Kier molecular flexibility index (Phi) is 5.18. The van der Waals surface area contributed by atoms with Gasteiger partial charge in [-0.15, -0.1) is 0 Å². The maximum atomic E-state index is 11.3. The second kappa shape index (κ2) is 6.18. The highest BCUT2D eigenvalue weighted by Gasteiger charge is 2.24. The highest BCUT2D eigenvalue weighted by molar-refractivity contribution is 5.77. The van der Waals surface area contributed by atoms with E-state index in [1.807, 2.05) is 6.92 Å². The van der Waals surface area contributed by atoms with Crippen molar-refractivity contribution in [2.24, 2.45) is 11.8 Å². The third kappa shape index (κ3) is 3.43. The summed E-state index contributed by atoms with van der Waals surface area (Å²) in [6, 6.07) is 0.576. The molecule has 3 N–H and O–H groups in total. The first kappa shape index (κ1) is 13.4. The van der Waals surface area contributed by atoms with Crippen molar-refractivity contribution >= 4 is 5.91 Å². The van der Waals surface area contributed by atoms with Crippen LogP contribution in [0.15, 0.2) is 0 Å². The van der Waals surface area contributed by atoms with Crippen LogP contribution < -0.4 is 11.3 Å². The Morgan fingerprint density at radius 3 is 2.75 bits per heavy atom. The van der Waals surface area contributed by atoms with E-state index < -0.39 is 0 Å². The molecule has 16 heavy (non-hydrogen) atoms. The van der Waals surface area contributed by atoms with Gasteiger partial charge in [0.1, 0.15) is 0 Å². The van der Waals surface area contributed by atoms with Crippen molar-refractivity contribution in [3.05, 3.63) is 0 Å². The first-order chi connectivity index (χ1) is 7.58. The lowest BCUT2D eigenvalue weighted by atomic mass is 10.1. The van der Waals surface area contributed by atoms with E-state index >= 15 is 0 Å². The van der Waals surface area contributed by atoms with Gasteiger partial charge in [0.25, 0.3) is 0 Å². The molecular weight excluding hydrogens is 204 g/mol. The number of piperazine rings is 1. The van der Waals surface area contributed by atoms with Crippen molar-refractivity contribution in [2.45, 2.75) is 26.8 Å². The minimum atomic E-state index is -0.0782. The normalized spacial score (nSPS) is 25.4. The molecule has 0 saturated carbocycles. The van der Waals surface area contributed by atoms with Crippen LogP contribution in [0.4, 0.5) is 0 Å². The molecule has 1 saturated heterocycles. The number of amides is 1. The molecule has 0 bridgehead atoms. The van der Waals surface area contributed by atoms with Gasteiger partial charge in [-0.25, -0.2) is 5.84 Å². The number of carbonyl (C=O) groups is 1. The molecule has 5 heteroatoms. The van der Waals surface area contributed by atoms with Crippen LogP contribution >= 0.6 is 0 Å². The Morgan fingerprint density at radius 1 is 1.56 bits per heavy atom. The molecule has 1 fully saturated rings. The number of carbonyl (C=O) groups excluding carboxylic acids is 1. The molecule has 0 radical (unpaired) electrons. The van der Waals surface area contributed by atoms with Crippen LogP contribution in [0.5, 0.6) is 0 Å². The van der Waals surface area contributed by atoms with Crippen LogP contribution in [0.2, 0.25) is 0 Å². The van der Waals surface area contributed by atoms with Crippen LogP contribution in [-0.4, -0.2) is 54.5 Å². The molecular formula is C11H24N4O. The fourth-order valence-corrected chi connectivity index (χ4v) is 2.32. The Hall–Kier alpha value is -0.650. The van der Waals surface area contributed by atoms with Crippen LogP contribution in [0.25, 0.3) is 0 Å². The quantitative estimate of drug-likeness (QED) is 0.392. The number of nitrogens with zero attached hydrogens (tertiary/aromatic N) is 2. The third-order valence-corrected chi connectivity index (χ3v) is 3.38. The van der Waals surface area contributed by atoms with Gasteiger partial charge in [0.15, 0.2) is 0 Å². The highest BCUT2D eigenvalue weighted by Crippen LogP contribution is 2.10. The van der Waals surface area contributed by atoms with Crippen molar-refractivity contribution in [2.75, 3.05) is 32.7 Å². The third-order valence-electron chi connectivity index (χ3n) is 3.38. The molecule has 2 atom stereocenters. The zero-order valence-electron chi connectivity index (χ0n) is 10.6. The Bertz CT molecular complexity index is 234. The summed E-state index contributed by atoms with van der Waals surface area (Å²) in [6.45, 7) is 11.4. The van der Waals surface area contributed by atoms with Gasteiger partial charge < -0.3 is 0 Å². The second-order valence-electron chi connectivity index (χ2n) is 4.65. The van der Waals surface area contributed by atoms with Gasteiger partial charge in [0.05, 0.1) is 0 Å². The lowest BCUT2D eigenvalue weighted by Gasteiger charge is -2.40. The summed E-state index contributed by atoms with van der Waals surface area (Å²) in [6.07, 6.45) is 0. The summed E-state index contributed by atoms with van der Waals surface area (Å²) in [7, 11) is 0. The maximum Gasteiger partial charge on any atom is 0.237 e. The number of nitrogens with two attached hydrogens (primary N) is 1. The summed E-state index contributed by atoms with van der Waals surface area (Å²) >= 11 is 0. The monoisotopic (exact) mass is 228 g/mol. The van der Waals surface area contributed by atoms with E-state index in [-0.39, 0.29) is 11.8 Å². The molecule has 94 valence electrons. The van der Waals surface area contributed by atoms with Gasteiger partial charge in [-0.1, -0.05) is 13.8 Å². The summed E-state index contributed by atoms with van der Waals surface area (Å²) < 4.78 is 0. The van der Waals surface area contributed by atoms with Crippen molar-refractivity contribution in [3.8, 4) is 0 Å². The molecule has 1 heterocycles. The molecule has 1 aliphatic rings. The predicted molar refractivity (Wildman–Crippen MR) is 64.6 cm³/mol. The van der Waals surface area contributed by atoms with Crippen LogP contribution in [0.1, 0.15) is 20.8 Å². The minimum absolute atomic E-state index is 0.0367. The molecule has 5 nitrogen and oxygen atoms in total.